The number of hydrogen-bond acceptors (Lipinski definition) is 2. The molecule has 1 aliphatic carbocycles. The van der Waals surface area contributed by atoms with Crippen molar-refractivity contribution in [3.05, 3.63) is 34.9 Å². The van der Waals surface area contributed by atoms with E-state index in [0.717, 1.165) is 18.4 Å². The fourth-order valence-electron chi connectivity index (χ4n) is 2.72. The summed E-state index contributed by atoms with van der Waals surface area (Å²) in [5, 5.41) is 2.98. The predicted octanol–water partition coefficient (Wildman–Crippen LogP) is 1.80. The van der Waals surface area contributed by atoms with Gasteiger partial charge in [0.25, 0.3) is 5.91 Å². The SMILES string of the molecule is Cc1ccc(C(=O)NC2CC(=O)N(C3CC3)C2)cc1C. The summed E-state index contributed by atoms with van der Waals surface area (Å²) in [6.45, 7) is 4.69. The van der Waals surface area contributed by atoms with Crippen molar-refractivity contribution in [2.24, 2.45) is 0 Å². The molecule has 0 spiro atoms. The molecule has 2 aliphatic rings. The van der Waals surface area contributed by atoms with Gasteiger partial charge in [0.15, 0.2) is 0 Å². The largest absolute Gasteiger partial charge is 0.347 e. The van der Waals surface area contributed by atoms with Crippen molar-refractivity contribution in [3.8, 4) is 0 Å². The summed E-state index contributed by atoms with van der Waals surface area (Å²) in [6, 6.07) is 6.09. The molecule has 4 heteroatoms. The maximum Gasteiger partial charge on any atom is 0.251 e. The first-order valence-corrected chi connectivity index (χ1v) is 7.22. The van der Waals surface area contributed by atoms with Crippen molar-refractivity contribution in [3.63, 3.8) is 0 Å². The minimum Gasteiger partial charge on any atom is -0.347 e. The van der Waals surface area contributed by atoms with Crippen LogP contribution in [0.1, 0.15) is 40.7 Å². The lowest BCUT2D eigenvalue weighted by atomic mass is 10.1. The topological polar surface area (TPSA) is 49.4 Å². The Bertz CT molecular complexity index is 564. The van der Waals surface area contributed by atoms with Gasteiger partial charge in [-0.15, -0.1) is 0 Å². The van der Waals surface area contributed by atoms with E-state index in [1.807, 2.05) is 36.9 Å². The minimum atomic E-state index is -0.0800. The van der Waals surface area contributed by atoms with Crippen LogP contribution in [0.2, 0.25) is 0 Å². The maximum atomic E-state index is 12.2. The molecule has 4 nitrogen and oxygen atoms in total. The second-order valence-corrected chi connectivity index (χ2v) is 5.95. The molecule has 20 heavy (non-hydrogen) atoms. The number of rotatable bonds is 3. The molecule has 0 bridgehead atoms. The van der Waals surface area contributed by atoms with Crippen molar-refractivity contribution in [1.29, 1.82) is 0 Å². The number of carbonyl (C=O) groups is 2. The smallest absolute Gasteiger partial charge is 0.251 e. The van der Waals surface area contributed by atoms with Crippen LogP contribution in [-0.4, -0.2) is 35.3 Å². The molecule has 0 radical (unpaired) electrons. The number of hydrogen-bond donors (Lipinski definition) is 1. The molecule has 0 aromatic heterocycles. The molecule has 1 aromatic carbocycles. The third kappa shape index (κ3) is 2.55. The molecule has 2 fully saturated rings. The van der Waals surface area contributed by atoms with Gasteiger partial charge >= 0.3 is 0 Å². The lowest BCUT2D eigenvalue weighted by Gasteiger charge is -2.16. The Kier molecular flexibility index (Phi) is 3.24. The van der Waals surface area contributed by atoms with Gasteiger partial charge in [0.05, 0.1) is 6.04 Å². The van der Waals surface area contributed by atoms with E-state index >= 15 is 0 Å². The second kappa shape index (κ2) is 4.93. The Morgan fingerprint density at radius 2 is 2.00 bits per heavy atom. The molecular formula is C16H20N2O2. The van der Waals surface area contributed by atoms with E-state index in [2.05, 4.69) is 5.32 Å². The predicted molar refractivity (Wildman–Crippen MR) is 76.5 cm³/mol. The van der Waals surface area contributed by atoms with Crippen LogP contribution in [0.3, 0.4) is 0 Å². The molecule has 1 unspecified atom stereocenters. The first-order valence-electron chi connectivity index (χ1n) is 7.22. The highest BCUT2D eigenvalue weighted by molar-refractivity contribution is 5.95. The maximum absolute atomic E-state index is 12.2. The average Bonchev–Trinajstić information content (AvgIpc) is 3.17. The Morgan fingerprint density at radius 3 is 2.65 bits per heavy atom. The van der Waals surface area contributed by atoms with Crippen LogP contribution in [0.4, 0.5) is 0 Å². The summed E-state index contributed by atoms with van der Waals surface area (Å²) in [6.07, 6.45) is 2.67. The molecule has 106 valence electrons. The van der Waals surface area contributed by atoms with Gasteiger partial charge in [-0.2, -0.15) is 0 Å². The zero-order chi connectivity index (χ0) is 14.3. The van der Waals surface area contributed by atoms with Gasteiger partial charge in [0, 0.05) is 24.6 Å². The number of likely N-dealkylation sites (tertiary alicyclic amines) is 1. The van der Waals surface area contributed by atoms with Crippen molar-refractivity contribution in [1.82, 2.24) is 10.2 Å². The van der Waals surface area contributed by atoms with Crippen molar-refractivity contribution >= 4 is 11.8 Å². The zero-order valence-electron chi connectivity index (χ0n) is 12.0. The normalized spacial score (nSPS) is 22.2. The Hall–Kier alpha value is -1.84. The summed E-state index contributed by atoms with van der Waals surface area (Å²) in [7, 11) is 0. The number of aryl methyl sites for hydroxylation is 2. The van der Waals surface area contributed by atoms with E-state index in [1.165, 1.54) is 5.56 Å². The van der Waals surface area contributed by atoms with Gasteiger partial charge in [-0.1, -0.05) is 6.07 Å². The fraction of sp³-hybridized carbons (Fsp3) is 0.500. The van der Waals surface area contributed by atoms with E-state index in [4.69, 9.17) is 0 Å². The molecule has 3 rings (SSSR count). The number of nitrogens with one attached hydrogen (secondary N) is 1. The van der Waals surface area contributed by atoms with E-state index in [1.54, 1.807) is 0 Å². The van der Waals surface area contributed by atoms with Crippen LogP contribution in [0.15, 0.2) is 18.2 Å². The number of carbonyl (C=O) groups excluding carboxylic acids is 2. The summed E-state index contributed by atoms with van der Waals surface area (Å²) in [4.78, 5) is 26.0. The van der Waals surface area contributed by atoms with Crippen molar-refractivity contribution in [2.45, 2.75) is 45.2 Å². The first-order chi connectivity index (χ1) is 9.54. The molecule has 1 N–H and O–H groups in total. The molecule has 2 amide bonds. The van der Waals surface area contributed by atoms with E-state index < -0.39 is 0 Å². The van der Waals surface area contributed by atoms with Crippen LogP contribution >= 0.6 is 0 Å². The second-order valence-electron chi connectivity index (χ2n) is 5.95. The van der Waals surface area contributed by atoms with Crippen molar-refractivity contribution in [2.75, 3.05) is 6.54 Å². The van der Waals surface area contributed by atoms with Crippen LogP contribution < -0.4 is 5.32 Å². The van der Waals surface area contributed by atoms with Gasteiger partial charge in [-0.05, 0) is 49.9 Å². The van der Waals surface area contributed by atoms with Gasteiger partial charge in [0.1, 0.15) is 0 Å². The number of benzene rings is 1. The van der Waals surface area contributed by atoms with Gasteiger partial charge in [0.2, 0.25) is 5.91 Å². The molecule has 1 heterocycles. The number of nitrogens with zero attached hydrogens (tertiary/aromatic N) is 1. The van der Waals surface area contributed by atoms with Gasteiger partial charge < -0.3 is 10.2 Å². The van der Waals surface area contributed by atoms with Gasteiger partial charge in [-0.25, -0.2) is 0 Å². The van der Waals surface area contributed by atoms with Crippen molar-refractivity contribution < 1.29 is 9.59 Å². The third-order valence-electron chi connectivity index (χ3n) is 4.25. The summed E-state index contributed by atoms with van der Waals surface area (Å²) >= 11 is 0. The highest BCUT2D eigenvalue weighted by atomic mass is 16.2. The lowest BCUT2D eigenvalue weighted by Crippen LogP contribution is -2.37. The van der Waals surface area contributed by atoms with Gasteiger partial charge in [-0.3, -0.25) is 9.59 Å². The minimum absolute atomic E-state index is 0.0443. The standard InChI is InChI=1S/C16H20N2O2/c1-10-3-4-12(7-11(10)2)16(20)17-13-8-15(19)18(9-13)14-5-6-14/h3-4,7,13-14H,5-6,8-9H2,1-2H3,(H,17,20). The summed E-state index contributed by atoms with van der Waals surface area (Å²) in [5.41, 5.74) is 2.96. The lowest BCUT2D eigenvalue weighted by molar-refractivity contribution is -0.128. The zero-order valence-corrected chi connectivity index (χ0v) is 12.0. The quantitative estimate of drug-likeness (QED) is 0.912. The first kappa shape index (κ1) is 13.2. The average molecular weight is 272 g/mol. The molecular weight excluding hydrogens is 252 g/mol. The molecule has 1 saturated heterocycles. The third-order valence-corrected chi connectivity index (χ3v) is 4.25. The molecule has 1 aliphatic heterocycles. The van der Waals surface area contributed by atoms with E-state index in [9.17, 15) is 9.59 Å². The van der Waals surface area contributed by atoms with Crippen LogP contribution in [0.25, 0.3) is 0 Å². The Balaban J connectivity index is 1.64. The fourth-order valence-corrected chi connectivity index (χ4v) is 2.72. The Morgan fingerprint density at radius 1 is 1.25 bits per heavy atom. The summed E-state index contributed by atoms with van der Waals surface area (Å²) in [5.74, 6) is 0.0985. The monoisotopic (exact) mass is 272 g/mol. The molecule has 1 saturated carbocycles. The van der Waals surface area contributed by atoms with Crippen LogP contribution in [0, 0.1) is 13.8 Å². The van der Waals surface area contributed by atoms with Crippen LogP contribution in [0.5, 0.6) is 0 Å². The summed E-state index contributed by atoms with van der Waals surface area (Å²) < 4.78 is 0. The highest BCUT2D eigenvalue weighted by Gasteiger charge is 2.39. The molecule has 1 aromatic rings. The van der Waals surface area contributed by atoms with E-state index in [0.29, 0.717) is 24.6 Å². The van der Waals surface area contributed by atoms with E-state index in [-0.39, 0.29) is 17.9 Å². The molecule has 1 atom stereocenters. The van der Waals surface area contributed by atoms with Crippen LogP contribution in [-0.2, 0) is 4.79 Å². The Labute approximate surface area is 119 Å². The highest BCUT2D eigenvalue weighted by Crippen LogP contribution is 2.30. The number of amides is 2.